The number of carboxylic acid groups (broad SMARTS) is 2. The van der Waals surface area contributed by atoms with Crippen LogP contribution in [-0.4, -0.2) is 34.0 Å². The molecule has 8 nitrogen and oxygen atoms in total. The van der Waals surface area contributed by atoms with Crippen LogP contribution in [0, 0.1) is 0 Å². The monoisotopic (exact) mass is 408 g/mol. The summed E-state index contributed by atoms with van der Waals surface area (Å²) in [5.41, 5.74) is 3.25. The van der Waals surface area contributed by atoms with Crippen LogP contribution in [0.15, 0.2) is 72.8 Å². The smallest absolute Gasteiger partial charge is 0.328 e. The number of carboxylic acids is 2. The van der Waals surface area contributed by atoms with Crippen molar-refractivity contribution in [2.45, 2.75) is 12.8 Å². The van der Waals surface area contributed by atoms with Crippen molar-refractivity contribution >= 4 is 35.1 Å². The lowest BCUT2D eigenvalue weighted by molar-refractivity contribution is -0.132. The standard InChI is InChI=1S/C22H20N2O6/c25-19(11-13-21(27)28)23-17-7-3-15(4-8-17)1-2-16-5-9-18(10-6-16)24-20(26)12-14-22(29)30/h3-14H,1-2H2,(H,23,25)(H,24,26)(H,27,28)(H,29,30)/b13-11-,14-12-. The van der Waals surface area contributed by atoms with Crippen LogP contribution in [0.1, 0.15) is 11.1 Å². The zero-order chi connectivity index (χ0) is 21.9. The third-order valence-corrected chi connectivity index (χ3v) is 3.90. The van der Waals surface area contributed by atoms with E-state index in [0.717, 1.165) is 48.3 Å². The van der Waals surface area contributed by atoms with Gasteiger partial charge in [-0.2, -0.15) is 0 Å². The fraction of sp³-hybridized carbons (Fsp3) is 0.0909. The van der Waals surface area contributed by atoms with Crippen molar-refractivity contribution in [3.05, 3.63) is 84.0 Å². The van der Waals surface area contributed by atoms with Crippen LogP contribution in [0.2, 0.25) is 0 Å². The third-order valence-electron chi connectivity index (χ3n) is 3.90. The van der Waals surface area contributed by atoms with Crippen molar-refractivity contribution in [1.82, 2.24) is 0 Å². The number of aryl methyl sites for hydroxylation is 2. The Morgan fingerprint density at radius 3 is 1.23 bits per heavy atom. The third kappa shape index (κ3) is 8.22. The Morgan fingerprint density at radius 1 is 0.600 bits per heavy atom. The highest BCUT2D eigenvalue weighted by Gasteiger charge is 2.02. The Labute approximate surface area is 172 Å². The second kappa shape index (κ2) is 11.0. The summed E-state index contributed by atoms with van der Waals surface area (Å²) >= 11 is 0. The first-order valence-corrected chi connectivity index (χ1v) is 8.93. The molecule has 2 aromatic rings. The molecule has 2 rings (SSSR count). The first kappa shape index (κ1) is 22.1. The number of hydrogen-bond acceptors (Lipinski definition) is 4. The summed E-state index contributed by atoms with van der Waals surface area (Å²) in [6.45, 7) is 0. The summed E-state index contributed by atoms with van der Waals surface area (Å²) in [4.78, 5) is 43.9. The van der Waals surface area contributed by atoms with E-state index in [1.807, 2.05) is 24.3 Å². The number of rotatable bonds is 9. The fourth-order valence-electron chi connectivity index (χ4n) is 2.46. The van der Waals surface area contributed by atoms with E-state index in [4.69, 9.17) is 10.2 Å². The molecular formula is C22H20N2O6. The van der Waals surface area contributed by atoms with Gasteiger partial charge in [-0.1, -0.05) is 24.3 Å². The zero-order valence-corrected chi connectivity index (χ0v) is 15.9. The van der Waals surface area contributed by atoms with E-state index in [1.54, 1.807) is 24.3 Å². The second-order valence-electron chi connectivity index (χ2n) is 6.22. The summed E-state index contributed by atoms with van der Waals surface area (Å²) in [6.07, 6.45) is 4.97. The van der Waals surface area contributed by atoms with Gasteiger partial charge in [-0.25, -0.2) is 9.59 Å². The van der Waals surface area contributed by atoms with Crippen LogP contribution >= 0.6 is 0 Å². The van der Waals surface area contributed by atoms with Crippen molar-refractivity contribution in [3.8, 4) is 0 Å². The van der Waals surface area contributed by atoms with Crippen molar-refractivity contribution in [2.24, 2.45) is 0 Å². The molecule has 154 valence electrons. The molecule has 0 aliphatic carbocycles. The van der Waals surface area contributed by atoms with Crippen LogP contribution in [0.3, 0.4) is 0 Å². The predicted octanol–water partition coefficient (Wildman–Crippen LogP) is 2.63. The molecule has 0 atom stereocenters. The molecule has 2 aromatic carbocycles. The van der Waals surface area contributed by atoms with Crippen LogP contribution < -0.4 is 10.6 Å². The number of nitrogens with one attached hydrogen (secondary N) is 2. The Hall–Kier alpha value is -4.20. The fourth-order valence-corrected chi connectivity index (χ4v) is 2.46. The van der Waals surface area contributed by atoms with Crippen LogP contribution in [0.25, 0.3) is 0 Å². The van der Waals surface area contributed by atoms with Gasteiger partial charge in [0, 0.05) is 35.7 Å². The van der Waals surface area contributed by atoms with E-state index in [-0.39, 0.29) is 0 Å². The van der Waals surface area contributed by atoms with E-state index in [0.29, 0.717) is 11.4 Å². The van der Waals surface area contributed by atoms with E-state index in [2.05, 4.69) is 10.6 Å². The quantitative estimate of drug-likeness (QED) is 0.472. The molecule has 0 heterocycles. The predicted molar refractivity (Wildman–Crippen MR) is 111 cm³/mol. The molecule has 2 amide bonds. The summed E-state index contributed by atoms with van der Waals surface area (Å²) < 4.78 is 0. The number of carbonyl (C=O) groups is 4. The molecule has 0 saturated heterocycles. The van der Waals surface area contributed by atoms with E-state index in [1.165, 1.54) is 0 Å². The lowest BCUT2D eigenvalue weighted by Crippen LogP contribution is -2.08. The second-order valence-corrected chi connectivity index (χ2v) is 6.22. The summed E-state index contributed by atoms with van der Waals surface area (Å²) in [7, 11) is 0. The average Bonchev–Trinajstić information content (AvgIpc) is 2.71. The Kier molecular flexibility index (Phi) is 8.07. The topological polar surface area (TPSA) is 133 Å². The molecule has 0 unspecified atom stereocenters. The Balaban J connectivity index is 1.84. The first-order chi connectivity index (χ1) is 14.3. The molecular weight excluding hydrogens is 388 g/mol. The largest absolute Gasteiger partial charge is 0.478 e. The molecule has 0 fully saturated rings. The highest BCUT2D eigenvalue weighted by Crippen LogP contribution is 2.14. The Bertz CT molecular complexity index is 894. The molecule has 8 heteroatoms. The zero-order valence-electron chi connectivity index (χ0n) is 15.9. The first-order valence-electron chi connectivity index (χ1n) is 8.93. The van der Waals surface area contributed by atoms with Crippen molar-refractivity contribution in [1.29, 1.82) is 0 Å². The summed E-state index contributed by atoms with van der Waals surface area (Å²) in [5, 5.41) is 22.2. The average molecular weight is 408 g/mol. The maximum Gasteiger partial charge on any atom is 0.328 e. The van der Waals surface area contributed by atoms with Crippen LogP contribution in [0.4, 0.5) is 11.4 Å². The summed E-state index contributed by atoms with van der Waals surface area (Å²) in [5.74, 6) is -3.41. The summed E-state index contributed by atoms with van der Waals surface area (Å²) in [6, 6.07) is 14.5. The van der Waals surface area contributed by atoms with Crippen molar-refractivity contribution in [2.75, 3.05) is 10.6 Å². The number of carbonyl (C=O) groups excluding carboxylic acids is 2. The molecule has 0 saturated carbocycles. The van der Waals surface area contributed by atoms with Gasteiger partial charge in [0.1, 0.15) is 0 Å². The van der Waals surface area contributed by atoms with Gasteiger partial charge in [0.2, 0.25) is 11.8 Å². The van der Waals surface area contributed by atoms with Gasteiger partial charge < -0.3 is 20.8 Å². The minimum Gasteiger partial charge on any atom is -0.478 e. The number of amides is 2. The number of benzene rings is 2. The van der Waals surface area contributed by atoms with Gasteiger partial charge >= 0.3 is 11.9 Å². The van der Waals surface area contributed by atoms with Crippen molar-refractivity contribution in [3.63, 3.8) is 0 Å². The number of aliphatic carboxylic acids is 2. The van der Waals surface area contributed by atoms with E-state index >= 15 is 0 Å². The van der Waals surface area contributed by atoms with Crippen LogP contribution in [0.5, 0.6) is 0 Å². The Morgan fingerprint density at radius 2 is 0.933 bits per heavy atom. The number of anilines is 2. The maximum absolute atomic E-state index is 11.6. The van der Waals surface area contributed by atoms with Gasteiger partial charge in [0.05, 0.1) is 0 Å². The lowest BCUT2D eigenvalue weighted by Gasteiger charge is -2.07. The molecule has 0 aliphatic heterocycles. The van der Waals surface area contributed by atoms with Gasteiger partial charge in [0.25, 0.3) is 0 Å². The molecule has 0 spiro atoms. The van der Waals surface area contributed by atoms with Gasteiger partial charge in [-0.05, 0) is 48.2 Å². The molecule has 0 radical (unpaired) electrons. The van der Waals surface area contributed by atoms with Gasteiger partial charge in [-0.15, -0.1) is 0 Å². The van der Waals surface area contributed by atoms with Gasteiger partial charge in [0.15, 0.2) is 0 Å². The molecule has 30 heavy (non-hydrogen) atoms. The SMILES string of the molecule is O=C(O)/C=C\C(=O)Nc1ccc(CCc2ccc(NC(=O)/C=C\C(=O)O)cc2)cc1. The number of hydrogen-bond donors (Lipinski definition) is 4. The molecule has 0 aliphatic rings. The minimum atomic E-state index is -1.19. The highest BCUT2D eigenvalue weighted by molar-refractivity contribution is 6.02. The highest BCUT2D eigenvalue weighted by atomic mass is 16.4. The lowest BCUT2D eigenvalue weighted by atomic mass is 10.0. The molecule has 0 bridgehead atoms. The maximum atomic E-state index is 11.6. The van der Waals surface area contributed by atoms with E-state index in [9.17, 15) is 19.2 Å². The van der Waals surface area contributed by atoms with E-state index < -0.39 is 23.8 Å². The molecule has 4 N–H and O–H groups in total. The van der Waals surface area contributed by atoms with Crippen LogP contribution in [-0.2, 0) is 32.0 Å². The van der Waals surface area contributed by atoms with Gasteiger partial charge in [-0.3, -0.25) is 9.59 Å². The van der Waals surface area contributed by atoms with Crippen molar-refractivity contribution < 1.29 is 29.4 Å². The normalized spacial score (nSPS) is 10.8. The molecule has 0 aromatic heterocycles. The minimum absolute atomic E-state index is 0.518.